The molecule has 0 aliphatic rings. The average Bonchev–Trinajstić information content (AvgIpc) is 3.10. The minimum absolute atomic E-state index is 0.105. The van der Waals surface area contributed by atoms with Crippen LogP contribution in [-0.4, -0.2) is 96.7 Å². The van der Waals surface area contributed by atoms with Crippen molar-refractivity contribution >= 4 is 39.5 Å². The minimum atomic E-state index is -4.96. The zero-order valence-electron chi connectivity index (χ0n) is 60.2. The molecule has 0 rings (SSSR count). The van der Waals surface area contributed by atoms with Crippen LogP contribution < -0.4 is 0 Å². The van der Waals surface area contributed by atoms with Crippen molar-refractivity contribution < 1.29 is 80.2 Å². The van der Waals surface area contributed by atoms with Gasteiger partial charge in [-0.2, -0.15) is 0 Å². The summed E-state index contributed by atoms with van der Waals surface area (Å²) in [6, 6.07) is 0. The van der Waals surface area contributed by atoms with Crippen molar-refractivity contribution in [3.05, 3.63) is 0 Å². The summed E-state index contributed by atoms with van der Waals surface area (Å²) in [5, 5.41) is 10.6. The Labute approximate surface area is 562 Å². The highest BCUT2D eigenvalue weighted by molar-refractivity contribution is 7.47. The maximum atomic E-state index is 13.1. The van der Waals surface area contributed by atoms with Gasteiger partial charge in [0.15, 0.2) is 12.2 Å². The van der Waals surface area contributed by atoms with Gasteiger partial charge in [0.2, 0.25) is 0 Å². The topological polar surface area (TPSA) is 237 Å². The van der Waals surface area contributed by atoms with Crippen molar-refractivity contribution in [1.29, 1.82) is 0 Å². The number of carbonyl (C=O) groups excluding carboxylic acids is 4. The SMILES string of the molecule is CCC(C)CCCCCCCCCCCCC(=O)OC[C@H](COP(=O)(O)OC[C@@H](O)COP(=O)(O)OC[C@@H](COC(=O)CCCCCCCCC(C)C)OC(=O)CCCCCCCCCCCCCC(C)C)OC(=O)CCCCCCCCCCCCCCC(C)C. The Morgan fingerprint density at radius 3 is 0.772 bits per heavy atom. The van der Waals surface area contributed by atoms with Gasteiger partial charge in [-0.25, -0.2) is 9.13 Å². The average molecular weight is 1350 g/mol. The van der Waals surface area contributed by atoms with Crippen LogP contribution in [0.15, 0.2) is 0 Å². The molecule has 0 fully saturated rings. The number of phosphoric ester groups is 2. The highest BCUT2D eigenvalue weighted by atomic mass is 31.2. The lowest BCUT2D eigenvalue weighted by Gasteiger charge is -2.21. The number of hydrogen-bond acceptors (Lipinski definition) is 15. The van der Waals surface area contributed by atoms with Crippen LogP contribution in [0.2, 0.25) is 0 Å². The molecular formula is C73H142O17P2. The highest BCUT2D eigenvalue weighted by Gasteiger charge is 2.30. The van der Waals surface area contributed by atoms with Crippen LogP contribution in [0.1, 0.15) is 364 Å². The molecule has 0 saturated carbocycles. The molecule has 3 N–H and O–H groups in total. The quantitative estimate of drug-likeness (QED) is 0.0222. The molecule has 0 aliphatic heterocycles. The number of hydrogen-bond donors (Lipinski definition) is 3. The monoisotopic (exact) mass is 1350 g/mol. The van der Waals surface area contributed by atoms with E-state index in [1.165, 1.54) is 161 Å². The molecule has 0 bridgehead atoms. The molecule has 0 heterocycles. The lowest BCUT2D eigenvalue weighted by molar-refractivity contribution is -0.161. The molecule has 17 nitrogen and oxygen atoms in total. The Morgan fingerprint density at radius 2 is 0.522 bits per heavy atom. The second-order valence-electron chi connectivity index (χ2n) is 28.0. The van der Waals surface area contributed by atoms with Gasteiger partial charge in [0, 0.05) is 25.7 Å². The van der Waals surface area contributed by atoms with E-state index in [4.69, 9.17) is 37.0 Å². The van der Waals surface area contributed by atoms with E-state index in [9.17, 15) is 43.2 Å². The standard InChI is InChI=1S/C73H142O17P2/c1-9-66(8)52-44-36-27-21-17-18-22-28-37-45-53-70(75)83-59-68(89-72(77)55-47-39-29-23-15-11-10-13-19-25-33-41-49-63(2)3)61-87-91(79,80)85-57-67(74)58-86-92(81,82)88-62-69(60-84-71(76)54-46-38-32-31-35-43-51-65(6)7)90-73(78)56-48-40-30-24-16-12-14-20-26-34-42-50-64(4)5/h63-69,74H,9-62H2,1-8H3,(H,79,80)(H,81,82)/t66?,67-,68-,69-/m1/s1. The van der Waals surface area contributed by atoms with Crippen molar-refractivity contribution in [3.8, 4) is 0 Å². The fourth-order valence-corrected chi connectivity index (χ4v) is 12.6. The van der Waals surface area contributed by atoms with E-state index in [0.29, 0.717) is 31.6 Å². The highest BCUT2D eigenvalue weighted by Crippen LogP contribution is 2.45. The summed E-state index contributed by atoms with van der Waals surface area (Å²) >= 11 is 0. The van der Waals surface area contributed by atoms with Crippen molar-refractivity contribution in [2.45, 2.75) is 382 Å². The molecule has 19 heteroatoms. The molecule has 6 atom stereocenters. The van der Waals surface area contributed by atoms with Crippen LogP contribution in [0.3, 0.4) is 0 Å². The second kappa shape index (κ2) is 62.6. The van der Waals surface area contributed by atoms with E-state index in [2.05, 4.69) is 55.4 Å². The van der Waals surface area contributed by atoms with Crippen molar-refractivity contribution in [1.82, 2.24) is 0 Å². The van der Waals surface area contributed by atoms with Crippen LogP contribution in [0.4, 0.5) is 0 Å². The summed E-state index contributed by atoms with van der Waals surface area (Å²) in [5.41, 5.74) is 0. The maximum Gasteiger partial charge on any atom is 0.472 e. The molecule has 0 spiro atoms. The van der Waals surface area contributed by atoms with Gasteiger partial charge in [0.05, 0.1) is 26.4 Å². The molecule has 3 unspecified atom stereocenters. The summed E-state index contributed by atoms with van der Waals surface area (Å²) in [5.74, 6) is 0.905. The van der Waals surface area contributed by atoms with Crippen LogP contribution >= 0.6 is 15.6 Å². The smallest absolute Gasteiger partial charge is 0.462 e. The molecule has 546 valence electrons. The van der Waals surface area contributed by atoms with E-state index in [0.717, 1.165) is 114 Å². The fourth-order valence-electron chi connectivity index (χ4n) is 11.0. The van der Waals surface area contributed by atoms with E-state index in [-0.39, 0.29) is 25.7 Å². The number of unbranched alkanes of at least 4 members (excludes halogenated alkanes) is 35. The fraction of sp³-hybridized carbons (Fsp3) is 0.945. The van der Waals surface area contributed by atoms with Gasteiger partial charge in [-0.05, 0) is 49.4 Å². The Morgan fingerprint density at radius 1 is 0.304 bits per heavy atom. The Kier molecular flexibility index (Phi) is 61.3. The van der Waals surface area contributed by atoms with Gasteiger partial charge in [-0.1, -0.05) is 312 Å². The van der Waals surface area contributed by atoms with Gasteiger partial charge in [0.25, 0.3) is 0 Å². The first-order valence-corrected chi connectivity index (χ1v) is 40.7. The van der Waals surface area contributed by atoms with Crippen molar-refractivity contribution in [2.75, 3.05) is 39.6 Å². The summed E-state index contributed by atoms with van der Waals surface area (Å²) in [7, 11) is -9.91. The number of aliphatic hydroxyl groups is 1. The van der Waals surface area contributed by atoms with Crippen LogP contribution in [-0.2, 0) is 65.4 Å². The summed E-state index contributed by atoms with van der Waals surface area (Å²) < 4.78 is 68.4. The van der Waals surface area contributed by atoms with Gasteiger partial charge in [-0.3, -0.25) is 37.3 Å². The van der Waals surface area contributed by atoms with Crippen LogP contribution in [0.5, 0.6) is 0 Å². The number of rotatable bonds is 70. The maximum absolute atomic E-state index is 13.1. The molecular weight excluding hydrogens is 1210 g/mol. The normalized spacial score (nSPS) is 14.5. The van der Waals surface area contributed by atoms with Gasteiger partial charge >= 0.3 is 39.5 Å². The van der Waals surface area contributed by atoms with Gasteiger partial charge in [-0.15, -0.1) is 0 Å². The minimum Gasteiger partial charge on any atom is -0.462 e. The molecule has 0 aromatic carbocycles. The number of aliphatic hydroxyl groups excluding tert-OH is 1. The van der Waals surface area contributed by atoms with Crippen LogP contribution in [0.25, 0.3) is 0 Å². The zero-order valence-corrected chi connectivity index (χ0v) is 62.0. The van der Waals surface area contributed by atoms with E-state index >= 15 is 0 Å². The molecule has 92 heavy (non-hydrogen) atoms. The largest absolute Gasteiger partial charge is 0.472 e. The predicted molar refractivity (Wildman–Crippen MR) is 372 cm³/mol. The van der Waals surface area contributed by atoms with E-state index in [1.54, 1.807) is 0 Å². The molecule has 0 aromatic heterocycles. The first-order valence-electron chi connectivity index (χ1n) is 37.7. The lowest BCUT2D eigenvalue weighted by Crippen LogP contribution is -2.30. The summed E-state index contributed by atoms with van der Waals surface area (Å²) in [6.45, 7) is 14.1. The van der Waals surface area contributed by atoms with Gasteiger partial charge < -0.3 is 33.8 Å². The summed E-state index contributed by atoms with van der Waals surface area (Å²) in [6.07, 6.45) is 45.8. The first-order chi connectivity index (χ1) is 44.1. The third kappa shape index (κ3) is 65.4. The molecule has 0 saturated heterocycles. The van der Waals surface area contributed by atoms with Crippen LogP contribution in [0, 0.1) is 23.7 Å². The zero-order chi connectivity index (χ0) is 68.2. The van der Waals surface area contributed by atoms with E-state index < -0.39 is 97.5 Å². The van der Waals surface area contributed by atoms with Gasteiger partial charge in [0.1, 0.15) is 19.3 Å². The lowest BCUT2D eigenvalue weighted by atomic mass is 9.99. The third-order valence-corrected chi connectivity index (χ3v) is 19.1. The van der Waals surface area contributed by atoms with E-state index in [1.807, 2.05) is 0 Å². The number of esters is 4. The Hall–Kier alpha value is -1.94. The van der Waals surface area contributed by atoms with Crippen molar-refractivity contribution in [2.24, 2.45) is 23.7 Å². The number of ether oxygens (including phenoxy) is 4. The number of carbonyl (C=O) groups is 4. The molecule has 0 aromatic rings. The first kappa shape index (κ1) is 90.1. The third-order valence-electron chi connectivity index (χ3n) is 17.2. The molecule has 0 amide bonds. The second-order valence-corrected chi connectivity index (χ2v) is 30.9. The van der Waals surface area contributed by atoms with Crippen molar-refractivity contribution in [3.63, 3.8) is 0 Å². The Bertz CT molecular complexity index is 1820. The Balaban J connectivity index is 5.26. The molecule has 0 radical (unpaired) electrons. The number of phosphoric acid groups is 2. The summed E-state index contributed by atoms with van der Waals surface area (Å²) in [4.78, 5) is 72.7. The molecule has 0 aliphatic carbocycles. The predicted octanol–water partition coefficient (Wildman–Crippen LogP) is 20.9.